The Hall–Kier alpha value is -0.910. The van der Waals surface area contributed by atoms with Crippen molar-refractivity contribution in [3.8, 4) is 0 Å². The van der Waals surface area contributed by atoms with E-state index < -0.39 is 0 Å². The molecule has 0 aliphatic heterocycles. The molecule has 1 heterocycles. The largest absolute Gasteiger partial charge is 0.354 e. The van der Waals surface area contributed by atoms with Crippen LogP contribution in [0.2, 0.25) is 0 Å². The Balaban J connectivity index is 2.73. The molecule has 0 bridgehead atoms. The van der Waals surface area contributed by atoms with Gasteiger partial charge in [0.1, 0.15) is 0 Å². The zero-order chi connectivity index (χ0) is 15.0. The lowest BCUT2D eigenvalue weighted by molar-refractivity contribution is -0.122. The lowest BCUT2D eigenvalue weighted by Gasteiger charge is -2.24. The van der Waals surface area contributed by atoms with Crippen molar-refractivity contribution >= 4 is 0 Å². The number of aromatic nitrogens is 2. The van der Waals surface area contributed by atoms with Gasteiger partial charge >= 0.3 is 0 Å². The fourth-order valence-electron chi connectivity index (χ4n) is 2.53. The van der Waals surface area contributed by atoms with Crippen LogP contribution >= 0.6 is 0 Å². The van der Waals surface area contributed by atoms with E-state index in [0.717, 1.165) is 31.5 Å². The Morgan fingerprint density at radius 2 is 1.85 bits per heavy atom. The Morgan fingerprint density at radius 3 is 2.35 bits per heavy atom. The second-order valence-corrected chi connectivity index (χ2v) is 4.97. The van der Waals surface area contributed by atoms with Crippen molar-refractivity contribution in [2.24, 2.45) is 0 Å². The van der Waals surface area contributed by atoms with Crippen molar-refractivity contribution in [2.75, 3.05) is 20.8 Å². The van der Waals surface area contributed by atoms with Gasteiger partial charge in [-0.05, 0) is 25.5 Å². The molecule has 1 unspecified atom stereocenters. The fraction of sp³-hybridized carbons (Fsp3) is 0.800. The van der Waals surface area contributed by atoms with Crippen molar-refractivity contribution in [3.05, 3.63) is 18.0 Å². The molecule has 5 heteroatoms. The van der Waals surface area contributed by atoms with Crippen LogP contribution < -0.4 is 5.32 Å². The summed E-state index contributed by atoms with van der Waals surface area (Å²) in [4.78, 5) is 0. The molecule has 1 aromatic rings. The minimum atomic E-state index is -0.256. The third-order valence-corrected chi connectivity index (χ3v) is 3.67. The second-order valence-electron chi connectivity index (χ2n) is 4.97. The van der Waals surface area contributed by atoms with Gasteiger partial charge in [0.05, 0.1) is 17.8 Å². The molecule has 1 atom stereocenters. The number of hydrogen-bond donors (Lipinski definition) is 1. The molecule has 1 rings (SSSR count). The van der Waals surface area contributed by atoms with Crippen LogP contribution in [-0.2, 0) is 15.9 Å². The highest BCUT2D eigenvalue weighted by molar-refractivity contribution is 5.03. The molecule has 0 aliphatic rings. The van der Waals surface area contributed by atoms with E-state index in [1.165, 1.54) is 0 Å². The Kier molecular flexibility index (Phi) is 7.80. The number of hydrogen-bond acceptors (Lipinski definition) is 4. The van der Waals surface area contributed by atoms with Crippen LogP contribution in [0.15, 0.2) is 12.3 Å². The summed E-state index contributed by atoms with van der Waals surface area (Å²) < 4.78 is 12.8. The first kappa shape index (κ1) is 17.1. The van der Waals surface area contributed by atoms with Crippen LogP contribution in [0.25, 0.3) is 0 Å². The van der Waals surface area contributed by atoms with Crippen molar-refractivity contribution in [3.63, 3.8) is 0 Å². The summed E-state index contributed by atoms with van der Waals surface area (Å²) in [6, 6.07) is 2.69. The molecule has 0 aliphatic carbocycles. The molecule has 0 radical (unpaired) electrons. The monoisotopic (exact) mass is 283 g/mol. The van der Waals surface area contributed by atoms with E-state index >= 15 is 0 Å². The van der Waals surface area contributed by atoms with Gasteiger partial charge in [-0.1, -0.05) is 20.8 Å². The summed E-state index contributed by atoms with van der Waals surface area (Å²) in [5.74, 6) is 0. The lowest BCUT2D eigenvalue weighted by atomic mass is 10.1. The first-order valence-electron chi connectivity index (χ1n) is 7.53. The summed E-state index contributed by atoms with van der Waals surface area (Å²) in [5, 5.41) is 8.09. The molecule has 0 spiro atoms. The van der Waals surface area contributed by atoms with Gasteiger partial charge in [-0.15, -0.1) is 0 Å². The van der Waals surface area contributed by atoms with E-state index in [2.05, 4.69) is 43.0 Å². The highest BCUT2D eigenvalue weighted by Crippen LogP contribution is 2.15. The minimum absolute atomic E-state index is 0.111. The molecule has 0 saturated carbocycles. The molecule has 0 saturated heterocycles. The molecule has 116 valence electrons. The van der Waals surface area contributed by atoms with Gasteiger partial charge in [-0.25, -0.2) is 0 Å². The number of methoxy groups -OCH3 is 2. The Morgan fingerprint density at radius 1 is 1.20 bits per heavy atom. The van der Waals surface area contributed by atoms with Crippen LogP contribution in [0.1, 0.15) is 45.3 Å². The average Bonchev–Trinajstić information content (AvgIpc) is 2.90. The van der Waals surface area contributed by atoms with Crippen LogP contribution in [0, 0.1) is 0 Å². The molecule has 5 nitrogen and oxygen atoms in total. The standard InChI is InChI=1S/C15H29N3O2/c1-6-13(7-2)18-10-9-12(17-18)11-14(16-8-3)15(19-4)20-5/h9-10,13-16H,6-8,11H2,1-5H3. The molecule has 20 heavy (non-hydrogen) atoms. The van der Waals surface area contributed by atoms with E-state index in [1.54, 1.807) is 14.2 Å². The number of nitrogens with one attached hydrogen (secondary N) is 1. The zero-order valence-corrected chi connectivity index (χ0v) is 13.4. The maximum absolute atomic E-state index is 5.36. The van der Waals surface area contributed by atoms with Gasteiger partial charge in [0.25, 0.3) is 0 Å². The van der Waals surface area contributed by atoms with Crippen molar-refractivity contribution in [2.45, 2.75) is 58.4 Å². The topological polar surface area (TPSA) is 48.3 Å². The minimum Gasteiger partial charge on any atom is -0.354 e. The number of ether oxygens (including phenoxy) is 2. The summed E-state index contributed by atoms with van der Waals surface area (Å²) in [7, 11) is 3.34. The summed E-state index contributed by atoms with van der Waals surface area (Å²) in [6.45, 7) is 7.35. The number of likely N-dealkylation sites (N-methyl/N-ethyl adjacent to an activating group) is 1. The van der Waals surface area contributed by atoms with Crippen LogP contribution in [0.5, 0.6) is 0 Å². The van der Waals surface area contributed by atoms with E-state index in [-0.39, 0.29) is 12.3 Å². The number of rotatable bonds is 10. The highest BCUT2D eigenvalue weighted by atomic mass is 16.7. The summed E-state index contributed by atoms with van der Waals surface area (Å²) in [5.41, 5.74) is 1.07. The van der Waals surface area contributed by atoms with E-state index in [0.29, 0.717) is 6.04 Å². The van der Waals surface area contributed by atoms with Gasteiger partial charge < -0.3 is 14.8 Å². The fourth-order valence-corrected chi connectivity index (χ4v) is 2.53. The van der Waals surface area contributed by atoms with Crippen molar-refractivity contribution in [1.82, 2.24) is 15.1 Å². The Labute approximate surface area is 122 Å². The third-order valence-electron chi connectivity index (χ3n) is 3.67. The van der Waals surface area contributed by atoms with Gasteiger partial charge in [0.15, 0.2) is 6.29 Å². The zero-order valence-electron chi connectivity index (χ0n) is 13.4. The van der Waals surface area contributed by atoms with E-state index in [9.17, 15) is 0 Å². The SMILES string of the molecule is CCNC(Cc1ccn(C(CC)CC)n1)C(OC)OC. The summed E-state index contributed by atoms with van der Waals surface area (Å²) >= 11 is 0. The molecule has 1 aromatic heterocycles. The molecule has 0 fully saturated rings. The lowest BCUT2D eigenvalue weighted by Crippen LogP contribution is -2.43. The molecular formula is C15H29N3O2. The smallest absolute Gasteiger partial charge is 0.172 e. The van der Waals surface area contributed by atoms with Crippen molar-refractivity contribution in [1.29, 1.82) is 0 Å². The predicted molar refractivity (Wildman–Crippen MR) is 80.8 cm³/mol. The molecule has 0 aromatic carbocycles. The molecule has 1 N–H and O–H groups in total. The van der Waals surface area contributed by atoms with Crippen LogP contribution in [0.3, 0.4) is 0 Å². The van der Waals surface area contributed by atoms with Gasteiger partial charge in [-0.3, -0.25) is 4.68 Å². The normalized spacial score (nSPS) is 13.3. The molecular weight excluding hydrogens is 254 g/mol. The van der Waals surface area contributed by atoms with E-state index in [1.807, 2.05) is 0 Å². The summed E-state index contributed by atoms with van der Waals surface area (Å²) in [6.07, 6.45) is 4.83. The van der Waals surface area contributed by atoms with Crippen LogP contribution in [-0.4, -0.2) is 42.9 Å². The van der Waals surface area contributed by atoms with Gasteiger partial charge in [0.2, 0.25) is 0 Å². The maximum Gasteiger partial charge on any atom is 0.172 e. The Bertz CT molecular complexity index is 360. The molecule has 0 amide bonds. The van der Waals surface area contributed by atoms with Crippen molar-refractivity contribution < 1.29 is 9.47 Å². The predicted octanol–water partition coefficient (Wildman–Crippen LogP) is 2.38. The highest BCUT2D eigenvalue weighted by Gasteiger charge is 2.21. The van der Waals surface area contributed by atoms with Gasteiger partial charge in [0, 0.05) is 26.8 Å². The number of nitrogens with zero attached hydrogens (tertiary/aromatic N) is 2. The second kappa shape index (κ2) is 9.10. The van der Waals surface area contributed by atoms with Crippen LogP contribution in [0.4, 0.5) is 0 Å². The third kappa shape index (κ3) is 4.58. The first-order chi connectivity index (χ1) is 9.69. The van der Waals surface area contributed by atoms with Gasteiger partial charge in [-0.2, -0.15) is 5.10 Å². The first-order valence-corrected chi connectivity index (χ1v) is 7.53. The van der Waals surface area contributed by atoms with E-state index in [4.69, 9.17) is 14.6 Å². The average molecular weight is 283 g/mol. The quantitative estimate of drug-likeness (QED) is 0.670. The maximum atomic E-state index is 5.36.